The number of nitrogens with zero attached hydrogens (tertiary/aromatic N) is 6. The van der Waals surface area contributed by atoms with Gasteiger partial charge in [0.1, 0.15) is 18.1 Å². The molecule has 2 aromatic rings. The molecule has 42 heavy (non-hydrogen) atoms. The first-order chi connectivity index (χ1) is 19.7. The standard InChI is InChI=1S/C23H33N9O10/c1-15-24-13-19(31(39)40)29(15)11-9-23(26-17(33)5-3-7-21(35)36,28-27-18(34)6-4-8-22(37)38)10-12-30-16(2)25-14-20(30)32(41)42/h13-14,28H,3-12H2,1-2H3,(H,26,33)(H,27,34)(H,35,36)(H,37,38). The lowest BCUT2D eigenvalue weighted by molar-refractivity contribution is -0.392. The Kier molecular flexibility index (Phi) is 12.0. The molecule has 0 aromatic carbocycles. The molecule has 2 heterocycles. The Morgan fingerprint density at radius 1 is 0.810 bits per heavy atom. The molecular weight excluding hydrogens is 562 g/mol. The van der Waals surface area contributed by atoms with Crippen LogP contribution in [-0.2, 0) is 32.3 Å². The average molecular weight is 596 g/mol. The second kappa shape index (κ2) is 15.2. The summed E-state index contributed by atoms with van der Waals surface area (Å²) in [6.07, 6.45) is 1.02. The SMILES string of the molecule is Cc1ncc([N+](=O)[O-])n1CCC(CCn1c([N+](=O)[O-])cnc1C)(NNC(=O)CCCC(=O)O)NC(=O)CCCC(=O)O. The molecule has 0 aliphatic rings. The Balaban J connectivity index is 2.42. The van der Waals surface area contributed by atoms with Gasteiger partial charge in [-0.2, -0.15) is 0 Å². The molecule has 0 fully saturated rings. The Labute approximate surface area is 238 Å². The van der Waals surface area contributed by atoms with Gasteiger partial charge in [-0.25, -0.2) is 24.5 Å². The van der Waals surface area contributed by atoms with Crippen molar-refractivity contribution in [2.45, 2.75) is 84.0 Å². The zero-order valence-electron chi connectivity index (χ0n) is 23.1. The fraction of sp³-hybridized carbons (Fsp3) is 0.565. The number of hydrogen-bond donors (Lipinski definition) is 5. The molecule has 2 amide bonds. The lowest BCUT2D eigenvalue weighted by Gasteiger charge is -2.35. The van der Waals surface area contributed by atoms with Crippen LogP contribution in [0.5, 0.6) is 0 Å². The van der Waals surface area contributed by atoms with Crippen LogP contribution in [-0.4, -0.2) is 68.6 Å². The van der Waals surface area contributed by atoms with Crippen LogP contribution in [0.2, 0.25) is 0 Å². The van der Waals surface area contributed by atoms with E-state index in [0.717, 1.165) is 12.4 Å². The van der Waals surface area contributed by atoms with Crippen LogP contribution in [0.15, 0.2) is 12.4 Å². The minimum Gasteiger partial charge on any atom is -0.481 e. The zero-order valence-corrected chi connectivity index (χ0v) is 23.1. The van der Waals surface area contributed by atoms with Crippen LogP contribution in [0.4, 0.5) is 11.6 Å². The number of aliphatic carboxylic acids is 2. The lowest BCUT2D eigenvalue weighted by Crippen LogP contribution is -2.64. The predicted molar refractivity (Wildman–Crippen MR) is 142 cm³/mol. The first-order valence-electron chi connectivity index (χ1n) is 12.9. The molecular formula is C23H33N9O10. The van der Waals surface area contributed by atoms with Crippen molar-refractivity contribution in [3.63, 3.8) is 0 Å². The molecule has 19 heteroatoms. The molecule has 0 bridgehead atoms. The van der Waals surface area contributed by atoms with Gasteiger partial charge in [0.05, 0.1) is 13.1 Å². The van der Waals surface area contributed by atoms with E-state index in [1.165, 1.54) is 23.0 Å². The van der Waals surface area contributed by atoms with Crippen molar-refractivity contribution in [2.24, 2.45) is 0 Å². The third-order valence-electron chi connectivity index (χ3n) is 6.38. The van der Waals surface area contributed by atoms with Gasteiger partial charge in [-0.3, -0.25) is 24.6 Å². The fourth-order valence-electron chi connectivity index (χ4n) is 4.15. The monoisotopic (exact) mass is 595 g/mol. The van der Waals surface area contributed by atoms with E-state index in [1.807, 2.05) is 0 Å². The maximum atomic E-state index is 13.0. The van der Waals surface area contributed by atoms with E-state index >= 15 is 0 Å². The minimum atomic E-state index is -1.57. The first kappa shape index (κ1) is 33.3. The number of aryl methyl sites for hydroxylation is 2. The number of imidazole rings is 2. The van der Waals surface area contributed by atoms with E-state index in [4.69, 9.17) is 10.2 Å². The van der Waals surface area contributed by atoms with Crippen LogP contribution in [0.3, 0.4) is 0 Å². The summed E-state index contributed by atoms with van der Waals surface area (Å²) in [4.78, 5) is 76.9. The van der Waals surface area contributed by atoms with Gasteiger partial charge in [0, 0.05) is 52.4 Å². The number of carboxylic acid groups (broad SMARTS) is 2. The van der Waals surface area contributed by atoms with Crippen molar-refractivity contribution in [1.82, 2.24) is 35.3 Å². The van der Waals surface area contributed by atoms with Gasteiger partial charge in [-0.1, -0.05) is 0 Å². The molecule has 2 rings (SSSR count). The number of hydrazine groups is 1. The van der Waals surface area contributed by atoms with Crippen molar-refractivity contribution < 1.29 is 39.2 Å². The van der Waals surface area contributed by atoms with Gasteiger partial charge >= 0.3 is 23.6 Å². The van der Waals surface area contributed by atoms with E-state index in [1.54, 1.807) is 0 Å². The molecule has 0 saturated carbocycles. The van der Waals surface area contributed by atoms with Crippen LogP contribution >= 0.6 is 0 Å². The highest BCUT2D eigenvalue weighted by atomic mass is 16.6. The average Bonchev–Trinajstić information content (AvgIpc) is 3.46. The van der Waals surface area contributed by atoms with E-state index < -0.39 is 39.3 Å². The molecule has 19 nitrogen and oxygen atoms in total. The lowest BCUT2D eigenvalue weighted by atomic mass is 10.0. The number of carboxylic acids is 2. The highest BCUT2D eigenvalue weighted by Crippen LogP contribution is 2.22. The van der Waals surface area contributed by atoms with E-state index in [9.17, 15) is 39.4 Å². The van der Waals surface area contributed by atoms with Crippen molar-refractivity contribution in [3.8, 4) is 0 Å². The molecule has 230 valence electrons. The summed E-state index contributed by atoms with van der Waals surface area (Å²) in [5.74, 6) is -3.49. The predicted octanol–water partition coefficient (Wildman–Crippen LogP) is 0.936. The zero-order chi connectivity index (χ0) is 31.4. The number of rotatable bonds is 19. The molecule has 2 aromatic heterocycles. The number of carbonyl (C=O) groups is 4. The molecule has 0 aliphatic carbocycles. The maximum Gasteiger partial charge on any atom is 0.342 e. The topological polar surface area (TPSA) is 267 Å². The Hall–Kier alpha value is -4.94. The maximum absolute atomic E-state index is 13.0. The number of hydrogen-bond acceptors (Lipinski definition) is 11. The summed E-state index contributed by atoms with van der Waals surface area (Å²) in [7, 11) is 0. The highest BCUT2D eigenvalue weighted by Gasteiger charge is 2.36. The Morgan fingerprint density at radius 2 is 1.24 bits per heavy atom. The van der Waals surface area contributed by atoms with Crippen LogP contribution in [0.1, 0.15) is 63.0 Å². The van der Waals surface area contributed by atoms with Crippen molar-refractivity contribution >= 4 is 35.4 Å². The molecule has 5 N–H and O–H groups in total. The largest absolute Gasteiger partial charge is 0.481 e. The summed E-state index contributed by atoms with van der Waals surface area (Å²) in [5.41, 5.74) is 3.62. The fourth-order valence-corrected chi connectivity index (χ4v) is 4.15. The molecule has 0 unspecified atom stereocenters. The minimum absolute atomic E-state index is 0.00298. The molecule has 0 spiro atoms. The summed E-state index contributed by atoms with van der Waals surface area (Å²) in [6.45, 7) is 2.89. The van der Waals surface area contributed by atoms with E-state index in [2.05, 4.69) is 26.1 Å². The van der Waals surface area contributed by atoms with Crippen LogP contribution < -0.4 is 16.2 Å². The second-order valence-electron chi connectivity index (χ2n) is 9.44. The van der Waals surface area contributed by atoms with Gasteiger partial charge in [0.25, 0.3) is 0 Å². The highest BCUT2D eigenvalue weighted by molar-refractivity contribution is 5.78. The molecule has 0 atom stereocenters. The van der Waals surface area contributed by atoms with Gasteiger partial charge < -0.3 is 35.8 Å². The van der Waals surface area contributed by atoms with Crippen molar-refractivity contribution in [2.75, 3.05) is 0 Å². The summed E-state index contributed by atoms with van der Waals surface area (Å²) in [6, 6.07) is 0. The van der Waals surface area contributed by atoms with Crippen LogP contribution in [0.25, 0.3) is 0 Å². The van der Waals surface area contributed by atoms with E-state index in [-0.39, 0.29) is 76.1 Å². The van der Waals surface area contributed by atoms with Gasteiger partial charge in [-0.05, 0) is 22.7 Å². The normalized spacial score (nSPS) is 11.2. The Bertz CT molecular complexity index is 1260. The van der Waals surface area contributed by atoms with Gasteiger partial charge in [0.15, 0.2) is 11.6 Å². The van der Waals surface area contributed by atoms with Gasteiger partial charge in [0.2, 0.25) is 11.8 Å². The summed E-state index contributed by atoms with van der Waals surface area (Å²) in [5, 5.41) is 43.6. The second-order valence-corrected chi connectivity index (χ2v) is 9.44. The quantitative estimate of drug-likeness (QED) is 0.0860. The van der Waals surface area contributed by atoms with Crippen molar-refractivity contribution in [3.05, 3.63) is 44.3 Å². The number of aromatic nitrogens is 4. The number of nitrogens with one attached hydrogen (secondary N) is 3. The van der Waals surface area contributed by atoms with Crippen LogP contribution in [0, 0.1) is 34.1 Å². The molecule has 0 saturated heterocycles. The molecule has 0 radical (unpaired) electrons. The molecule has 0 aliphatic heterocycles. The first-order valence-corrected chi connectivity index (χ1v) is 12.9. The summed E-state index contributed by atoms with van der Waals surface area (Å²) < 4.78 is 2.57. The smallest absolute Gasteiger partial charge is 0.342 e. The Morgan fingerprint density at radius 3 is 1.64 bits per heavy atom. The third kappa shape index (κ3) is 9.91. The number of carbonyl (C=O) groups excluding carboxylic acids is 2. The van der Waals surface area contributed by atoms with Gasteiger partial charge in [-0.15, -0.1) is 0 Å². The third-order valence-corrected chi connectivity index (χ3v) is 6.38. The van der Waals surface area contributed by atoms with Crippen molar-refractivity contribution in [1.29, 1.82) is 0 Å². The van der Waals surface area contributed by atoms with E-state index in [0.29, 0.717) is 11.6 Å². The summed E-state index contributed by atoms with van der Waals surface area (Å²) >= 11 is 0. The number of nitro groups is 2. The number of amides is 2.